The van der Waals surface area contributed by atoms with Crippen molar-refractivity contribution >= 4 is 0 Å². The van der Waals surface area contributed by atoms with E-state index in [1.807, 2.05) is 0 Å². The van der Waals surface area contributed by atoms with Crippen LogP contribution in [0.4, 0.5) is 0 Å². The largest absolute Gasteiger partial charge is 0.308 e. The zero-order valence-corrected chi connectivity index (χ0v) is 11.4. The van der Waals surface area contributed by atoms with Gasteiger partial charge < -0.3 is 10.2 Å². The average molecular weight is 244 g/mol. The Balaban J connectivity index is 1.57. The van der Waals surface area contributed by atoms with E-state index < -0.39 is 0 Å². The minimum absolute atomic E-state index is 0.638. The van der Waals surface area contributed by atoms with E-state index in [2.05, 4.69) is 41.4 Å². The lowest BCUT2D eigenvalue weighted by atomic mass is 9.95. The Bertz CT molecular complexity index is 398. The van der Waals surface area contributed by atoms with Crippen LogP contribution in [0.25, 0.3) is 0 Å². The third kappa shape index (κ3) is 2.93. The molecule has 1 unspecified atom stereocenters. The zero-order valence-electron chi connectivity index (χ0n) is 11.4. The molecule has 0 spiro atoms. The molecule has 2 heteroatoms. The molecule has 1 aromatic carbocycles. The number of nitrogens with one attached hydrogen (secondary N) is 1. The van der Waals surface area contributed by atoms with Crippen LogP contribution in [0.5, 0.6) is 0 Å². The third-order valence-electron chi connectivity index (χ3n) is 4.31. The van der Waals surface area contributed by atoms with Gasteiger partial charge in [-0.2, -0.15) is 0 Å². The molecule has 0 amide bonds. The van der Waals surface area contributed by atoms with Crippen molar-refractivity contribution < 1.29 is 0 Å². The average Bonchev–Trinajstić information content (AvgIpc) is 3.22. The Labute approximate surface area is 110 Å². The molecular weight excluding hydrogens is 220 g/mol. The van der Waals surface area contributed by atoms with Crippen LogP contribution in [-0.4, -0.2) is 30.6 Å². The minimum Gasteiger partial charge on any atom is -0.308 e. The highest BCUT2D eigenvalue weighted by Crippen LogP contribution is 2.29. The molecule has 0 aromatic heterocycles. The molecule has 2 aliphatic rings. The predicted octanol–water partition coefficient (Wildman–Crippen LogP) is 2.43. The van der Waals surface area contributed by atoms with E-state index in [4.69, 9.17) is 0 Å². The van der Waals surface area contributed by atoms with Crippen LogP contribution in [0.2, 0.25) is 0 Å². The lowest BCUT2D eigenvalue weighted by Gasteiger charge is -2.31. The van der Waals surface area contributed by atoms with Gasteiger partial charge in [0, 0.05) is 25.7 Å². The Morgan fingerprint density at radius 2 is 1.94 bits per heavy atom. The Morgan fingerprint density at radius 3 is 2.67 bits per heavy atom. The van der Waals surface area contributed by atoms with Gasteiger partial charge >= 0.3 is 0 Å². The first-order chi connectivity index (χ1) is 8.85. The second-order valence-corrected chi connectivity index (χ2v) is 5.85. The maximum Gasteiger partial charge on any atom is 0.0238 e. The second kappa shape index (κ2) is 5.41. The molecule has 1 aromatic rings. The number of hydrogen-bond donors (Lipinski definition) is 1. The van der Waals surface area contributed by atoms with E-state index in [-0.39, 0.29) is 0 Å². The molecule has 0 radical (unpaired) electrons. The number of rotatable bonds is 5. The highest BCUT2D eigenvalue weighted by molar-refractivity contribution is 5.29. The summed E-state index contributed by atoms with van der Waals surface area (Å²) < 4.78 is 0. The lowest BCUT2D eigenvalue weighted by molar-refractivity contribution is 0.238. The van der Waals surface area contributed by atoms with Gasteiger partial charge in [-0.1, -0.05) is 31.2 Å². The van der Waals surface area contributed by atoms with Crippen LogP contribution >= 0.6 is 0 Å². The van der Waals surface area contributed by atoms with Crippen LogP contribution in [0.15, 0.2) is 24.3 Å². The first kappa shape index (κ1) is 12.2. The predicted molar refractivity (Wildman–Crippen MR) is 75.6 cm³/mol. The molecule has 1 atom stereocenters. The fourth-order valence-corrected chi connectivity index (χ4v) is 2.96. The van der Waals surface area contributed by atoms with Crippen molar-refractivity contribution in [2.24, 2.45) is 5.92 Å². The van der Waals surface area contributed by atoms with E-state index in [9.17, 15) is 0 Å². The van der Waals surface area contributed by atoms with Gasteiger partial charge in [0.15, 0.2) is 0 Å². The quantitative estimate of drug-likeness (QED) is 0.856. The molecule has 1 aliphatic carbocycles. The molecule has 3 rings (SSSR count). The fraction of sp³-hybridized carbons (Fsp3) is 0.625. The maximum absolute atomic E-state index is 3.69. The Kier molecular flexibility index (Phi) is 3.67. The van der Waals surface area contributed by atoms with Crippen LogP contribution < -0.4 is 5.32 Å². The van der Waals surface area contributed by atoms with Crippen molar-refractivity contribution in [3.63, 3.8) is 0 Å². The highest BCUT2D eigenvalue weighted by atomic mass is 15.1. The normalized spacial score (nSPS) is 23.1. The Hall–Kier alpha value is -0.860. The van der Waals surface area contributed by atoms with Gasteiger partial charge in [-0.15, -0.1) is 0 Å². The molecule has 1 aliphatic heterocycles. The van der Waals surface area contributed by atoms with E-state index in [1.54, 1.807) is 5.56 Å². The van der Waals surface area contributed by atoms with Crippen LogP contribution in [0.1, 0.15) is 30.9 Å². The molecule has 98 valence electrons. The summed E-state index contributed by atoms with van der Waals surface area (Å²) in [5.41, 5.74) is 3.03. The molecule has 2 nitrogen and oxygen atoms in total. The first-order valence-corrected chi connectivity index (χ1v) is 7.37. The summed E-state index contributed by atoms with van der Waals surface area (Å²) in [4.78, 5) is 2.63. The SMILES string of the molecule is CCN(CC1CC1)CC1Cc2ccccc2CN1. The second-order valence-electron chi connectivity index (χ2n) is 5.85. The van der Waals surface area contributed by atoms with Crippen LogP contribution in [0, 0.1) is 5.92 Å². The van der Waals surface area contributed by atoms with Crippen molar-refractivity contribution in [2.75, 3.05) is 19.6 Å². The molecule has 1 saturated carbocycles. The molecule has 18 heavy (non-hydrogen) atoms. The number of hydrogen-bond acceptors (Lipinski definition) is 2. The minimum atomic E-state index is 0.638. The topological polar surface area (TPSA) is 15.3 Å². The molecule has 0 bridgehead atoms. The fourth-order valence-electron chi connectivity index (χ4n) is 2.96. The van der Waals surface area contributed by atoms with Crippen molar-refractivity contribution in [3.8, 4) is 0 Å². The van der Waals surface area contributed by atoms with E-state index >= 15 is 0 Å². The van der Waals surface area contributed by atoms with E-state index in [1.165, 1.54) is 44.5 Å². The number of benzene rings is 1. The van der Waals surface area contributed by atoms with Gasteiger partial charge in [-0.3, -0.25) is 0 Å². The summed E-state index contributed by atoms with van der Waals surface area (Å²) in [5, 5.41) is 3.69. The summed E-state index contributed by atoms with van der Waals surface area (Å²) >= 11 is 0. The lowest BCUT2D eigenvalue weighted by Crippen LogP contribution is -2.45. The van der Waals surface area contributed by atoms with Gasteiger partial charge in [0.1, 0.15) is 0 Å². The Morgan fingerprint density at radius 1 is 1.17 bits per heavy atom. The van der Waals surface area contributed by atoms with Gasteiger partial charge in [-0.05, 0) is 42.9 Å². The first-order valence-electron chi connectivity index (χ1n) is 7.37. The smallest absolute Gasteiger partial charge is 0.0238 e. The van der Waals surface area contributed by atoms with Crippen molar-refractivity contribution in [3.05, 3.63) is 35.4 Å². The van der Waals surface area contributed by atoms with E-state index in [0.717, 1.165) is 12.5 Å². The van der Waals surface area contributed by atoms with Crippen molar-refractivity contribution in [2.45, 2.75) is 38.8 Å². The van der Waals surface area contributed by atoms with Gasteiger partial charge in [-0.25, -0.2) is 0 Å². The number of fused-ring (bicyclic) bond motifs is 1. The summed E-state index contributed by atoms with van der Waals surface area (Å²) in [7, 11) is 0. The van der Waals surface area contributed by atoms with E-state index in [0.29, 0.717) is 6.04 Å². The van der Waals surface area contributed by atoms with Gasteiger partial charge in [0.2, 0.25) is 0 Å². The summed E-state index contributed by atoms with van der Waals surface area (Å²) in [6.07, 6.45) is 4.10. The summed E-state index contributed by atoms with van der Waals surface area (Å²) in [6, 6.07) is 9.49. The molecule has 0 saturated heterocycles. The van der Waals surface area contributed by atoms with Crippen molar-refractivity contribution in [1.29, 1.82) is 0 Å². The molecule has 1 fully saturated rings. The zero-order chi connectivity index (χ0) is 12.4. The van der Waals surface area contributed by atoms with Crippen molar-refractivity contribution in [1.82, 2.24) is 10.2 Å². The summed E-state index contributed by atoms with van der Waals surface area (Å²) in [5.74, 6) is 1.00. The molecule has 1 N–H and O–H groups in total. The third-order valence-corrected chi connectivity index (χ3v) is 4.31. The monoisotopic (exact) mass is 244 g/mol. The standard InChI is InChI=1S/C16H24N2/c1-2-18(11-13-7-8-13)12-16-9-14-5-3-4-6-15(14)10-17-16/h3-6,13,16-17H,2,7-12H2,1H3. The van der Waals surface area contributed by atoms with Crippen LogP contribution in [0.3, 0.4) is 0 Å². The van der Waals surface area contributed by atoms with Gasteiger partial charge in [0.05, 0.1) is 0 Å². The van der Waals surface area contributed by atoms with Gasteiger partial charge in [0.25, 0.3) is 0 Å². The molecular formula is C16H24N2. The number of nitrogens with zero attached hydrogens (tertiary/aromatic N) is 1. The number of likely N-dealkylation sites (N-methyl/N-ethyl adjacent to an activating group) is 1. The summed E-state index contributed by atoms with van der Waals surface area (Å²) in [6.45, 7) is 7.05. The molecule has 1 heterocycles. The maximum atomic E-state index is 3.69. The van der Waals surface area contributed by atoms with Crippen LogP contribution in [-0.2, 0) is 13.0 Å². The highest BCUT2D eigenvalue weighted by Gasteiger charge is 2.26.